The van der Waals surface area contributed by atoms with Gasteiger partial charge in [0.15, 0.2) is 0 Å². The molecule has 0 aliphatic rings. The first-order valence-electron chi connectivity index (χ1n) is 7.78. The van der Waals surface area contributed by atoms with E-state index in [1.807, 2.05) is 37.3 Å². The number of rotatable bonds is 3. The highest BCUT2D eigenvalue weighted by atomic mass is 35.5. The maximum atomic E-state index is 12.7. The van der Waals surface area contributed by atoms with E-state index in [-0.39, 0.29) is 12.1 Å². The smallest absolute Gasteiger partial charge is 0.261 e. The van der Waals surface area contributed by atoms with Crippen LogP contribution in [0.4, 0.5) is 0 Å². The van der Waals surface area contributed by atoms with Crippen molar-refractivity contribution in [2.75, 3.05) is 0 Å². The monoisotopic (exact) mass is 351 g/mol. The number of oxazole rings is 1. The molecule has 5 nitrogen and oxygen atoms in total. The highest BCUT2D eigenvalue weighted by molar-refractivity contribution is 6.31. The number of nitrogens with zero attached hydrogens (tertiary/aromatic N) is 3. The molecular weight excluding hydrogens is 338 g/mol. The Morgan fingerprint density at radius 2 is 1.96 bits per heavy atom. The Morgan fingerprint density at radius 1 is 1.16 bits per heavy atom. The second-order valence-corrected chi connectivity index (χ2v) is 6.16. The Kier molecular flexibility index (Phi) is 3.86. The third-order valence-corrected chi connectivity index (χ3v) is 4.25. The van der Waals surface area contributed by atoms with Gasteiger partial charge in [0.05, 0.1) is 23.8 Å². The zero-order valence-electron chi connectivity index (χ0n) is 13.4. The van der Waals surface area contributed by atoms with Crippen molar-refractivity contribution in [1.82, 2.24) is 14.5 Å². The zero-order chi connectivity index (χ0) is 17.4. The van der Waals surface area contributed by atoms with Crippen molar-refractivity contribution in [2.24, 2.45) is 0 Å². The average Bonchev–Trinajstić information content (AvgIpc) is 2.99. The molecular formula is C19H14ClN3O2. The molecule has 0 saturated carbocycles. The Hall–Kier alpha value is -2.92. The minimum absolute atomic E-state index is 0.156. The van der Waals surface area contributed by atoms with Gasteiger partial charge in [0.25, 0.3) is 5.56 Å². The van der Waals surface area contributed by atoms with Crippen molar-refractivity contribution in [2.45, 2.75) is 13.5 Å². The van der Waals surface area contributed by atoms with Gasteiger partial charge in [0.2, 0.25) is 5.89 Å². The lowest BCUT2D eigenvalue weighted by molar-refractivity contribution is 0.537. The summed E-state index contributed by atoms with van der Waals surface area (Å²) in [5, 5.41) is 0.993. The number of benzene rings is 2. The highest BCUT2D eigenvalue weighted by Crippen LogP contribution is 2.22. The first-order chi connectivity index (χ1) is 12.1. The molecule has 0 atom stereocenters. The molecule has 0 saturated heterocycles. The molecule has 4 rings (SSSR count). The molecule has 0 spiro atoms. The standard InChI is InChI=1S/C19H14ClN3O2/c1-12-17(22-18(25-12)13-5-3-2-4-6-13)10-23-11-21-16-8-7-14(20)9-15(16)19(23)24/h2-9,11H,10H2,1H3. The summed E-state index contributed by atoms with van der Waals surface area (Å²) in [5.41, 5.74) is 2.06. The van der Waals surface area contributed by atoms with Crippen LogP contribution in [0.25, 0.3) is 22.4 Å². The van der Waals surface area contributed by atoms with Crippen LogP contribution in [0.3, 0.4) is 0 Å². The Balaban J connectivity index is 1.74. The minimum Gasteiger partial charge on any atom is -0.441 e. The van der Waals surface area contributed by atoms with Crippen molar-refractivity contribution in [3.8, 4) is 11.5 Å². The molecule has 0 radical (unpaired) electrons. The molecule has 0 unspecified atom stereocenters. The Morgan fingerprint density at radius 3 is 2.76 bits per heavy atom. The van der Waals surface area contributed by atoms with E-state index in [1.54, 1.807) is 18.2 Å². The van der Waals surface area contributed by atoms with Crippen LogP contribution in [0.5, 0.6) is 0 Å². The second kappa shape index (κ2) is 6.18. The quantitative estimate of drug-likeness (QED) is 0.558. The van der Waals surface area contributed by atoms with Gasteiger partial charge in [0.1, 0.15) is 11.5 Å². The van der Waals surface area contributed by atoms with Gasteiger partial charge in [-0.05, 0) is 37.3 Å². The second-order valence-electron chi connectivity index (χ2n) is 5.73. The fourth-order valence-electron chi connectivity index (χ4n) is 2.68. The molecule has 6 heteroatoms. The molecule has 124 valence electrons. The van der Waals surface area contributed by atoms with Crippen molar-refractivity contribution < 1.29 is 4.42 Å². The van der Waals surface area contributed by atoms with Gasteiger partial charge in [0, 0.05) is 10.6 Å². The zero-order valence-corrected chi connectivity index (χ0v) is 14.2. The number of hydrogen-bond donors (Lipinski definition) is 0. The predicted molar refractivity (Wildman–Crippen MR) is 96.8 cm³/mol. The van der Waals surface area contributed by atoms with E-state index in [4.69, 9.17) is 16.0 Å². The van der Waals surface area contributed by atoms with Crippen molar-refractivity contribution in [3.63, 3.8) is 0 Å². The van der Waals surface area contributed by atoms with E-state index in [2.05, 4.69) is 9.97 Å². The van der Waals surface area contributed by atoms with Crippen LogP contribution in [0, 0.1) is 6.92 Å². The number of fused-ring (bicyclic) bond motifs is 1. The molecule has 0 fully saturated rings. The van der Waals surface area contributed by atoms with Gasteiger partial charge in [-0.3, -0.25) is 9.36 Å². The van der Waals surface area contributed by atoms with Gasteiger partial charge < -0.3 is 4.42 Å². The first-order valence-corrected chi connectivity index (χ1v) is 8.16. The topological polar surface area (TPSA) is 60.9 Å². The molecule has 0 aliphatic carbocycles. The molecule has 25 heavy (non-hydrogen) atoms. The van der Waals surface area contributed by atoms with Crippen molar-refractivity contribution in [3.05, 3.63) is 81.7 Å². The van der Waals surface area contributed by atoms with E-state index in [9.17, 15) is 4.79 Å². The van der Waals surface area contributed by atoms with E-state index < -0.39 is 0 Å². The lowest BCUT2D eigenvalue weighted by Crippen LogP contribution is -2.21. The van der Waals surface area contributed by atoms with Crippen LogP contribution >= 0.6 is 11.6 Å². The Bertz CT molecular complexity index is 1120. The molecule has 0 aliphatic heterocycles. The molecule has 0 bridgehead atoms. The summed E-state index contributed by atoms with van der Waals surface area (Å²) in [6.07, 6.45) is 1.52. The molecule has 2 heterocycles. The van der Waals surface area contributed by atoms with Crippen LogP contribution in [0.15, 0.2) is 64.1 Å². The van der Waals surface area contributed by atoms with Gasteiger partial charge in [-0.15, -0.1) is 0 Å². The van der Waals surface area contributed by atoms with Crippen LogP contribution in [0.2, 0.25) is 5.02 Å². The van der Waals surface area contributed by atoms with Crippen LogP contribution < -0.4 is 5.56 Å². The molecule has 2 aromatic carbocycles. The average molecular weight is 352 g/mol. The van der Waals surface area contributed by atoms with E-state index in [1.165, 1.54) is 10.9 Å². The maximum absolute atomic E-state index is 12.7. The summed E-state index contributed by atoms with van der Waals surface area (Å²) in [7, 11) is 0. The third-order valence-electron chi connectivity index (χ3n) is 4.02. The Labute approximate surface area is 148 Å². The van der Waals surface area contributed by atoms with E-state index in [0.717, 1.165) is 5.56 Å². The van der Waals surface area contributed by atoms with Crippen LogP contribution in [-0.4, -0.2) is 14.5 Å². The molecule has 0 N–H and O–H groups in total. The maximum Gasteiger partial charge on any atom is 0.261 e. The predicted octanol–water partition coefficient (Wildman–Crippen LogP) is 4.06. The minimum atomic E-state index is -0.156. The number of aromatic nitrogens is 3. The molecule has 4 aromatic rings. The summed E-state index contributed by atoms with van der Waals surface area (Å²) < 4.78 is 7.26. The van der Waals surface area contributed by atoms with E-state index in [0.29, 0.717) is 33.3 Å². The molecule has 0 amide bonds. The number of hydrogen-bond acceptors (Lipinski definition) is 4. The molecule has 2 aromatic heterocycles. The van der Waals surface area contributed by atoms with Gasteiger partial charge in [-0.25, -0.2) is 9.97 Å². The highest BCUT2D eigenvalue weighted by Gasteiger charge is 2.13. The van der Waals surface area contributed by atoms with Crippen LogP contribution in [0.1, 0.15) is 11.5 Å². The summed E-state index contributed by atoms with van der Waals surface area (Å²) in [5.74, 6) is 1.22. The van der Waals surface area contributed by atoms with Crippen molar-refractivity contribution in [1.29, 1.82) is 0 Å². The summed E-state index contributed by atoms with van der Waals surface area (Å²) in [6, 6.07) is 14.7. The summed E-state index contributed by atoms with van der Waals surface area (Å²) in [4.78, 5) is 21.5. The lowest BCUT2D eigenvalue weighted by Gasteiger charge is -2.05. The van der Waals surface area contributed by atoms with Gasteiger partial charge >= 0.3 is 0 Å². The third kappa shape index (κ3) is 2.94. The summed E-state index contributed by atoms with van der Waals surface area (Å²) >= 11 is 6.00. The number of aryl methyl sites for hydroxylation is 1. The van der Waals surface area contributed by atoms with Crippen LogP contribution in [-0.2, 0) is 6.54 Å². The first kappa shape index (κ1) is 15.6. The lowest BCUT2D eigenvalue weighted by atomic mass is 10.2. The van der Waals surface area contributed by atoms with Crippen molar-refractivity contribution >= 4 is 22.5 Å². The SMILES string of the molecule is Cc1oc(-c2ccccc2)nc1Cn1cnc2ccc(Cl)cc2c1=O. The fourth-order valence-corrected chi connectivity index (χ4v) is 2.86. The fraction of sp³-hybridized carbons (Fsp3) is 0.105. The largest absolute Gasteiger partial charge is 0.441 e. The normalized spacial score (nSPS) is 11.1. The summed E-state index contributed by atoms with van der Waals surface area (Å²) in [6.45, 7) is 2.13. The van der Waals surface area contributed by atoms with Gasteiger partial charge in [-0.2, -0.15) is 0 Å². The van der Waals surface area contributed by atoms with E-state index >= 15 is 0 Å². The van der Waals surface area contributed by atoms with Gasteiger partial charge in [-0.1, -0.05) is 29.8 Å². The number of halogens is 1.